The van der Waals surface area contributed by atoms with Crippen LogP contribution in [0.4, 0.5) is 0 Å². The smallest absolute Gasteiger partial charge is 0.164 e. The SMILES string of the molecule is c1ccc2cc(-c3nc(-c4ccc5ccccc5c4)nc(-c4ccc(-c5cccc6c5oc5ccccc56)c5oc6ccccc6c45)n3)ccc2c1. The maximum Gasteiger partial charge on any atom is 0.164 e. The first-order chi connectivity index (χ1) is 25.7. The highest BCUT2D eigenvalue weighted by Crippen LogP contribution is 2.44. The van der Waals surface area contributed by atoms with Gasteiger partial charge in [-0.1, -0.05) is 127 Å². The van der Waals surface area contributed by atoms with Crippen LogP contribution >= 0.6 is 0 Å². The van der Waals surface area contributed by atoms with Crippen LogP contribution in [0, 0.1) is 0 Å². The number of benzene rings is 8. The quantitative estimate of drug-likeness (QED) is 0.187. The van der Waals surface area contributed by atoms with E-state index in [9.17, 15) is 0 Å². The molecular weight excluding hydrogens is 639 g/mol. The molecule has 0 aliphatic heterocycles. The summed E-state index contributed by atoms with van der Waals surface area (Å²) in [6.45, 7) is 0. The van der Waals surface area contributed by atoms with Crippen LogP contribution in [0.1, 0.15) is 0 Å². The van der Waals surface area contributed by atoms with Gasteiger partial charge in [0.1, 0.15) is 22.3 Å². The van der Waals surface area contributed by atoms with Crippen molar-refractivity contribution in [3.63, 3.8) is 0 Å². The molecule has 5 heteroatoms. The highest BCUT2D eigenvalue weighted by Gasteiger charge is 2.22. The molecule has 0 spiro atoms. The van der Waals surface area contributed by atoms with Crippen molar-refractivity contribution in [2.24, 2.45) is 0 Å². The fraction of sp³-hybridized carbons (Fsp3) is 0. The van der Waals surface area contributed by atoms with Gasteiger partial charge in [0.2, 0.25) is 0 Å². The lowest BCUT2D eigenvalue weighted by molar-refractivity contribution is 0.665. The largest absolute Gasteiger partial charge is 0.455 e. The van der Waals surface area contributed by atoms with Gasteiger partial charge < -0.3 is 8.83 Å². The molecule has 0 N–H and O–H groups in total. The number of hydrogen-bond donors (Lipinski definition) is 0. The Morgan fingerprint density at radius 3 is 1.52 bits per heavy atom. The molecule has 0 unspecified atom stereocenters. The van der Waals surface area contributed by atoms with Crippen LogP contribution < -0.4 is 0 Å². The van der Waals surface area contributed by atoms with E-state index in [0.717, 1.165) is 93.2 Å². The van der Waals surface area contributed by atoms with Crippen LogP contribution in [0.3, 0.4) is 0 Å². The lowest BCUT2D eigenvalue weighted by Crippen LogP contribution is -2.00. The summed E-state index contributed by atoms with van der Waals surface area (Å²) in [6.07, 6.45) is 0. The van der Waals surface area contributed by atoms with Crippen molar-refractivity contribution in [3.8, 4) is 45.3 Å². The van der Waals surface area contributed by atoms with E-state index in [2.05, 4.69) is 127 Å². The second-order valence-electron chi connectivity index (χ2n) is 13.2. The van der Waals surface area contributed by atoms with E-state index in [0.29, 0.717) is 17.5 Å². The molecule has 0 bridgehead atoms. The van der Waals surface area contributed by atoms with Crippen molar-refractivity contribution >= 4 is 65.4 Å². The zero-order valence-corrected chi connectivity index (χ0v) is 27.7. The first-order valence-corrected chi connectivity index (χ1v) is 17.3. The van der Waals surface area contributed by atoms with Crippen LogP contribution in [0.15, 0.2) is 173 Å². The highest BCUT2D eigenvalue weighted by molar-refractivity contribution is 6.18. The van der Waals surface area contributed by atoms with Gasteiger partial charge in [0.25, 0.3) is 0 Å². The summed E-state index contributed by atoms with van der Waals surface area (Å²) in [6, 6.07) is 56.3. The Kier molecular flexibility index (Phi) is 6.18. The third kappa shape index (κ3) is 4.46. The highest BCUT2D eigenvalue weighted by atomic mass is 16.3. The molecule has 0 saturated carbocycles. The molecule has 52 heavy (non-hydrogen) atoms. The Hall–Kier alpha value is -7.11. The maximum absolute atomic E-state index is 6.74. The average molecular weight is 666 g/mol. The van der Waals surface area contributed by atoms with E-state index < -0.39 is 0 Å². The van der Waals surface area contributed by atoms with Crippen LogP contribution in [0.5, 0.6) is 0 Å². The first-order valence-electron chi connectivity index (χ1n) is 17.3. The van der Waals surface area contributed by atoms with Gasteiger partial charge in [-0.25, -0.2) is 15.0 Å². The van der Waals surface area contributed by atoms with E-state index in [1.54, 1.807) is 0 Å². The fourth-order valence-corrected chi connectivity index (χ4v) is 7.60. The van der Waals surface area contributed by atoms with Gasteiger partial charge in [0.05, 0.1) is 0 Å². The normalized spacial score (nSPS) is 11.8. The number of furan rings is 2. The second-order valence-corrected chi connectivity index (χ2v) is 13.2. The Labute approximate surface area is 297 Å². The van der Waals surface area contributed by atoms with E-state index in [1.807, 2.05) is 36.4 Å². The van der Waals surface area contributed by atoms with Crippen molar-refractivity contribution in [1.82, 2.24) is 15.0 Å². The minimum atomic E-state index is 0.575. The molecule has 0 atom stereocenters. The van der Waals surface area contributed by atoms with Crippen molar-refractivity contribution < 1.29 is 8.83 Å². The summed E-state index contributed by atoms with van der Waals surface area (Å²) in [4.78, 5) is 15.5. The zero-order chi connectivity index (χ0) is 34.2. The standard InChI is InChI=1S/C47H27N3O2/c1-3-12-30-26-32(22-20-28(30)10-1)45-48-46(33-23-21-29-11-2-4-13-31(29)27-33)50-47(49-45)39-25-24-37(44-42(39)38-15-6-8-19-41(38)52-44)36-17-9-16-35-34-14-5-7-18-40(34)51-43(35)36/h1-27H. The number of rotatable bonds is 4. The maximum atomic E-state index is 6.74. The molecule has 5 nitrogen and oxygen atoms in total. The average Bonchev–Trinajstić information content (AvgIpc) is 3.79. The molecule has 0 saturated heterocycles. The molecule has 0 radical (unpaired) electrons. The number of fused-ring (bicyclic) bond motifs is 8. The molecular formula is C47H27N3O2. The summed E-state index contributed by atoms with van der Waals surface area (Å²) in [5.74, 6) is 1.79. The molecule has 11 rings (SSSR count). The van der Waals surface area contributed by atoms with Crippen LogP contribution in [0.2, 0.25) is 0 Å². The summed E-state index contributed by atoms with van der Waals surface area (Å²) >= 11 is 0. The van der Waals surface area contributed by atoms with Crippen molar-refractivity contribution in [2.75, 3.05) is 0 Å². The summed E-state index contributed by atoms with van der Waals surface area (Å²) in [5.41, 5.74) is 7.86. The molecule has 0 aliphatic carbocycles. The van der Waals surface area contributed by atoms with Gasteiger partial charge >= 0.3 is 0 Å². The fourth-order valence-electron chi connectivity index (χ4n) is 7.60. The van der Waals surface area contributed by atoms with Gasteiger partial charge in [0, 0.05) is 49.4 Å². The minimum absolute atomic E-state index is 0.575. The Balaban J connectivity index is 1.18. The predicted molar refractivity (Wildman–Crippen MR) is 211 cm³/mol. The van der Waals surface area contributed by atoms with Gasteiger partial charge in [-0.3, -0.25) is 0 Å². The summed E-state index contributed by atoms with van der Waals surface area (Å²) in [7, 11) is 0. The third-order valence-electron chi connectivity index (χ3n) is 10.1. The third-order valence-corrected chi connectivity index (χ3v) is 10.1. The number of nitrogens with zero attached hydrogens (tertiary/aromatic N) is 3. The van der Waals surface area contributed by atoms with Gasteiger partial charge in [-0.05, 0) is 57.9 Å². The first kappa shape index (κ1) is 28.7. The number of hydrogen-bond acceptors (Lipinski definition) is 5. The Morgan fingerprint density at radius 1 is 0.327 bits per heavy atom. The Morgan fingerprint density at radius 2 is 0.827 bits per heavy atom. The monoisotopic (exact) mass is 665 g/mol. The number of aromatic nitrogens is 3. The van der Waals surface area contributed by atoms with E-state index in [4.69, 9.17) is 23.8 Å². The minimum Gasteiger partial charge on any atom is -0.455 e. The lowest BCUT2D eigenvalue weighted by atomic mass is 9.96. The summed E-state index contributed by atoms with van der Waals surface area (Å²) in [5, 5.41) is 8.67. The second kappa shape index (κ2) is 11.2. The van der Waals surface area contributed by atoms with E-state index in [-0.39, 0.29) is 0 Å². The Bertz CT molecular complexity index is 3110. The molecule has 11 aromatic rings. The molecule has 3 heterocycles. The van der Waals surface area contributed by atoms with E-state index in [1.165, 1.54) is 0 Å². The molecule has 0 fully saturated rings. The topological polar surface area (TPSA) is 65.0 Å². The molecule has 0 amide bonds. The summed E-state index contributed by atoms with van der Waals surface area (Å²) < 4.78 is 13.2. The molecule has 3 aromatic heterocycles. The lowest BCUT2D eigenvalue weighted by Gasteiger charge is -2.12. The van der Waals surface area contributed by atoms with Crippen LogP contribution in [-0.2, 0) is 0 Å². The predicted octanol–water partition coefficient (Wildman–Crippen LogP) is 12.6. The van der Waals surface area contributed by atoms with Gasteiger partial charge in [0.15, 0.2) is 17.5 Å². The molecule has 242 valence electrons. The van der Waals surface area contributed by atoms with Crippen LogP contribution in [-0.4, -0.2) is 15.0 Å². The molecule has 8 aromatic carbocycles. The van der Waals surface area contributed by atoms with Gasteiger partial charge in [-0.15, -0.1) is 0 Å². The van der Waals surface area contributed by atoms with E-state index >= 15 is 0 Å². The van der Waals surface area contributed by atoms with Gasteiger partial charge in [-0.2, -0.15) is 0 Å². The molecule has 0 aliphatic rings. The number of para-hydroxylation sites is 3. The van der Waals surface area contributed by atoms with Crippen molar-refractivity contribution in [2.45, 2.75) is 0 Å². The zero-order valence-electron chi connectivity index (χ0n) is 27.7. The van der Waals surface area contributed by atoms with Crippen molar-refractivity contribution in [1.29, 1.82) is 0 Å². The van der Waals surface area contributed by atoms with Crippen LogP contribution in [0.25, 0.3) is 111 Å². The van der Waals surface area contributed by atoms with Crippen molar-refractivity contribution in [3.05, 3.63) is 164 Å².